The second-order valence-electron chi connectivity index (χ2n) is 4.24. The van der Waals surface area contributed by atoms with Gasteiger partial charge < -0.3 is 10.1 Å². The first-order chi connectivity index (χ1) is 8.35. The van der Waals surface area contributed by atoms with E-state index in [1.807, 2.05) is 0 Å². The van der Waals surface area contributed by atoms with Crippen LogP contribution in [0.15, 0.2) is 0 Å². The lowest BCUT2D eigenvalue weighted by Crippen LogP contribution is -2.46. The lowest BCUT2D eigenvalue weighted by atomic mass is 10.4. The van der Waals surface area contributed by atoms with E-state index in [-0.39, 0.29) is 25.0 Å². The number of esters is 1. The molecule has 0 aromatic rings. The highest BCUT2D eigenvalue weighted by molar-refractivity contribution is 5.95. The highest BCUT2D eigenvalue weighted by Crippen LogP contribution is 1.89. The number of nitrogens with one attached hydrogen (secondary N) is 2. The maximum atomic E-state index is 11.4. The SMILES string of the molecule is COC(=O)CCN(C)CC(=O)NC(=O)NC(C)C. The first-order valence-corrected chi connectivity index (χ1v) is 5.70. The molecule has 0 aliphatic carbocycles. The summed E-state index contributed by atoms with van der Waals surface area (Å²) in [5.41, 5.74) is 0. The molecule has 3 amide bonds. The van der Waals surface area contributed by atoms with E-state index in [4.69, 9.17) is 0 Å². The van der Waals surface area contributed by atoms with Crippen LogP contribution in [-0.4, -0.2) is 56.1 Å². The third-order valence-corrected chi connectivity index (χ3v) is 2.01. The molecule has 7 heteroatoms. The van der Waals surface area contributed by atoms with Crippen LogP contribution in [0, 0.1) is 0 Å². The summed E-state index contributed by atoms with van der Waals surface area (Å²) in [6, 6.07) is -0.550. The van der Waals surface area contributed by atoms with Crippen LogP contribution in [0.2, 0.25) is 0 Å². The summed E-state index contributed by atoms with van der Waals surface area (Å²) in [7, 11) is 2.99. The maximum Gasteiger partial charge on any atom is 0.321 e. The van der Waals surface area contributed by atoms with Crippen LogP contribution in [0.5, 0.6) is 0 Å². The van der Waals surface area contributed by atoms with Gasteiger partial charge in [0.1, 0.15) is 0 Å². The van der Waals surface area contributed by atoms with E-state index in [2.05, 4.69) is 15.4 Å². The van der Waals surface area contributed by atoms with Crippen LogP contribution in [0.25, 0.3) is 0 Å². The van der Waals surface area contributed by atoms with Gasteiger partial charge in [-0.05, 0) is 20.9 Å². The van der Waals surface area contributed by atoms with Gasteiger partial charge in [-0.25, -0.2) is 4.79 Å². The molecule has 2 N–H and O–H groups in total. The van der Waals surface area contributed by atoms with E-state index in [1.54, 1.807) is 25.8 Å². The molecule has 0 aromatic carbocycles. The Morgan fingerprint density at radius 1 is 1.28 bits per heavy atom. The topological polar surface area (TPSA) is 87.7 Å². The highest BCUT2D eigenvalue weighted by atomic mass is 16.5. The lowest BCUT2D eigenvalue weighted by Gasteiger charge is -2.15. The van der Waals surface area contributed by atoms with Gasteiger partial charge >= 0.3 is 12.0 Å². The van der Waals surface area contributed by atoms with Crippen molar-refractivity contribution in [3.8, 4) is 0 Å². The molecule has 0 bridgehead atoms. The van der Waals surface area contributed by atoms with E-state index in [1.165, 1.54) is 7.11 Å². The fraction of sp³-hybridized carbons (Fsp3) is 0.727. The summed E-state index contributed by atoms with van der Waals surface area (Å²) in [6.45, 7) is 4.04. The van der Waals surface area contributed by atoms with Crippen LogP contribution in [0.4, 0.5) is 4.79 Å². The zero-order valence-electron chi connectivity index (χ0n) is 11.3. The molecule has 0 heterocycles. The van der Waals surface area contributed by atoms with Crippen LogP contribution >= 0.6 is 0 Å². The Labute approximate surface area is 107 Å². The molecule has 0 saturated heterocycles. The van der Waals surface area contributed by atoms with Crippen molar-refractivity contribution < 1.29 is 19.1 Å². The predicted molar refractivity (Wildman–Crippen MR) is 65.9 cm³/mol. The monoisotopic (exact) mass is 259 g/mol. The smallest absolute Gasteiger partial charge is 0.321 e. The normalized spacial score (nSPS) is 10.3. The van der Waals surface area contributed by atoms with Gasteiger partial charge in [0, 0.05) is 12.6 Å². The first kappa shape index (κ1) is 16.4. The molecule has 0 radical (unpaired) electrons. The first-order valence-electron chi connectivity index (χ1n) is 5.70. The van der Waals surface area contributed by atoms with Crippen molar-refractivity contribution in [1.29, 1.82) is 0 Å². The molecule has 0 saturated carbocycles. The van der Waals surface area contributed by atoms with Crippen LogP contribution in [-0.2, 0) is 14.3 Å². The highest BCUT2D eigenvalue weighted by Gasteiger charge is 2.12. The van der Waals surface area contributed by atoms with Gasteiger partial charge in [0.2, 0.25) is 5.91 Å². The molecule has 0 aromatic heterocycles. The lowest BCUT2D eigenvalue weighted by molar-refractivity contribution is -0.141. The zero-order valence-corrected chi connectivity index (χ0v) is 11.3. The van der Waals surface area contributed by atoms with Crippen molar-refractivity contribution in [1.82, 2.24) is 15.5 Å². The number of nitrogens with zero attached hydrogens (tertiary/aromatic N) is 1. The quantitative estimate of drug-likeness (QED) is 0.640. The number of hydrogen-bond donors (Lipinski definition) is 2. The third-order valence-electron chi connectivity index (χ3n) is 2.01. The van der Waals surface area contributed by atoms with Gasteiger partial charge in [-0.3, -0.25) is 19.8 Å². The van der Waals surface area contributed by atoms with Gasteiger partial charge in [-0.15, -0.1) is 0 Å². The minimum Gasteiger partial charge on any atom is -0.469 e. The Bertz CT molecular complexity index is 305. The number of carbonyl (C=O) groups is 3. The fourth-order valence-corrected chi connectivity index (χ4v) is 1.17. The summed E-state index contributed by atoms with van der Waals surface area (Å²) in [5.74, 6) is -0.750. The number of likely N-dealkylation sites (N-methyl/N-ethyl adjacent to an activating group) is 1. The van der Waals surface area contributed by atoms with E-state index < -0.39 is 11.9 Å². The van der Waals surface area contributed by atoms with Crippen molar-refractivity contribution in [3.05, 3.63) is 0 Å². The molecule has 104 valence electrons. The standard InChI is InChI=1S/C11H21N3O4/c1-8(2)12-11(17)13-9(15)7-14(3)6-5-10(16)18-4/h8H,5-7H2,1-4H3,(H2,12,13,15,17). The predicted octanol–water partition coefficient (Wildman–Crippen LogP) is -0.284. The molecular formula is C11H21N3O4. The van der Waals surface area contributed by atoms with Crippen LogP contribution in [0.1, 0.15) is 20.3 Å². The maximum absolute atomic E-state index is 11.4. The van der Waals surface area contributed by atoms with E-state index in [0.29, 0.717) is 6.54 Å². The van der Waals surface area contributed by atoms with Crippen molar-refractivity contribution >= 4 is 17.9 Å². The summed E-state index contributed by atoms with van der Waals surface area (Å²) in [6.07, 6.45) is 0.207. The molecular weight excluding hydrogens is 238 g/mol. The van der Waals surface area contributed by atoms with E-state index >= 15 is 0 Å². The number of amides is 3. The summed E-state index contributed by atoms with van der Waals surface area (Å²) >= 11 is 0. The second kappa shape index (κ2) is 8.46. The molecule has 0 aliphatic rings. The minimum atomic E-state index is -0.517. The van der Waals surface area contributed by atoms with Crippen LogP contribution in [0.3, 0.4) is 0 Å². The van der Waals surface area contributed by atoms with Gasteiger partial charge in [0.05, 0.1) is 20.1 Å². The van der Waals surface area contributed by atoms with Crippen LogP contribution < -0.4 is 10.6 Å². The number of methoxy groups -OCH3 is 1. The number of hydrogen-bond acceptors (Lipinski definition) is 5. The van der Waals surface area contributed by atoms with Crippen molar-refractivity contribution in [3.63, 3.8) is 0 Å². The molecule has 0 atom stereocenters. The Kier molecular flexibility index (Phi) is 7.69. The number of carbonyl (C=O) groups excluding carboxylic acids is 3. The Morgan fingerprint density at radius 2 is 1.89 bits per heavy atom. The van der Waals surface area contributed by atoms with Crippen molar-refractivity contribution in [2.75, 3.05) is 27.2 Å². The van der Waals surface area contributed by atoms with E-state index in [9.17, 15) is 14.4 Å². The third kappa shape index (κ3) is 8.51. The molecule has 7 nitrogen and oxygen atoms in total. The average molecular weight is 259 g/mol. The van der Waals surface area contributed by atoms with Gasteiger partial charge in [0.15, 0.2) is 0 Å². The Morgan fingerprint density at radius 3 is 2.39 bits per heavy atom. The Balaban J connectivity index is 3.86. The molecule has 0 unspecified atom stereocenters. The Hall–Kier alpha value is -1.63. The zero-order chi connectivity index (χ0) is 14.1. The summed E-state index contributed by atoms with van der Waals surface area (Å²) in [5, 5.41) is 4.74. The molecule has 0 fully saturated rings. The van der Waals surface area contributed by atoms with Crippen molar-refractivity contribution in [2.45, 2.75) is 26.3 Å². The van der Waals surface area contributed by atoms with E-state index in [0.717, 1.165) is 0 Å². The van der Waals surface area contributed by atoms with Crippen molar-refractivity contribution in [2.24, 2.45) is 0 Å². The summed E-state index contributed by atoms with van der Waals surface area (Å²) < 4.78 is 4.48. The fourth-order valence-electron chi connectivity index (χ4n) is 1.17. The summed E-state index contributed by atoms with van der Waals surface area (Å²) in [4.78, 5) is 35.2. The average Bonchev–Trinajstić information content (AvgIpc) is 2.24. The second-order valence-corrected chi connectivity index (χ2v) is 4.24. The largest absolute Gasteiger partial charge is 0.469 e. The molecule has 18 heavy (non-hydrogen) atoms. The minimum absolute atomic E-state index is 0.0325. The van der Waals surface area contributed by atoms with Gasteiger partial charge in [0.25, 0.3) is 0 Å². The molecule has 0 aliphatic heterocycles. The number of imide groups is 1. The molecule has 0 rings (SSSR count). The number of urea groups is 1. The molecule has 0 spiro atoms. The van der Waals surface area contributed by atoms with Gasteiger partial charge in [-0.2, -0.15) is 0 Å². The number of ether oxygens (including phenoxy) is 1. The van der Waals surface area contributed by atoms with Gasteiger partial charge in [-0.1, -0.05) is 0 Å². The number of rotatable bonds is 6.